The Hall–Kier alpha value is -2.64. The highest BCUT2D eigenvalue weighted by Gasteiger charge is 2.25. The van der Waals surface area contributed by atoms with Gasteiger partial charge < -0.3 is 16.0 Å². The molecular formula is C20H28N6O2. The Kier molecular flexibility index (Phi) is 4.95. The molecule has 2 aromatic rings. The van der Waals surface area contributed by atoms with E-state index < -0.39 is 0 Å². The number of aromatic nitrogens is 3. The number of likely N-dealkylation sites (tertiary alicyclic amines) is 1. The Balaban J connectivity index is 1.66. The fraction of sp³-hybridized carbons (Fsp3) is 0.600. The van der Waals surface area contributed by atoms with Crippen LogP contribution in [0.15, 0.2) is 11.0 Å². The lowest BCUT2D eigenvalue weighted by Crippen LogP contribution is -2.41. The van der Waals surface area contributed by atoms with Crippen molar-refractivity contribution in [2.24, 2.45) is 0 Å². The number of carbonyl (C=O) groups is 1. The van der Waals surface area contributed by atoms with Gasteiger partial charge in [-0.25, -0.2) is 4.98 Å². The summed E-state index contributed by atoms with van der Waals surface area (Å²) in [6, 6.07) is 0.387. The lowest BCUT2D eigenvalue weighted by atomic mass is 10.1. The van der Waals surface area contributed by atoms with Crippen molar-refractivity contribution in [1.29, 1.82) is 0 Å². The maximum atomic E-state index is 13.0. The standard InChI is InChI=1S/C20H28N6O2/c1-12-17(21)16-11-22-20(23-14-7-9-25(10-8-14)13(2)27)24-18(16)26(19(12)28)15-5-3-4-6-15/h11,14-15H,3-10,21H2,1-2H3,(H,22,23,24). The number of carbonyl (C=O) groups excluding carboxylic acids is 1. The van der Waals surface area contributed by atoms with Gasteiger partial charge in [0.05, 0.1) is 11.1 Å². The predicted molar refractivity (Wildman–Crippen MR) is 109 cm³/mol. The van der Waals surface area contributed by atoms with Gasteiger partial charge in [-0.3, -0.25) is 14.2 Å². The molecule has 8 heteroatoms. The van der Waals surface area contributed by atoms with Crippen molar-refractivity contribution >= 4 is 28.6 Å². The van der Waals surface area contributed by atoms with Crippen LogP contribution in [0, 0.1) is 6.92 Å². The maximum Gasteiger partial charge on any atom is 0.257 e. The van der Waals surface area contributed by atoms with E-state index in [1.165, 1.54) is 0 Å². The summed E-state index contributed by atoms with van der Waals surface area (Å²) < 4.78 is 1.83. The van der Waals surface area contributed by atoms with Gasteiger partial charge in [0, 0.05) is 43.9 Å². The fourth-order valence-electron chi connectivity index (χ4n) is 4.43. The highest BCUT2D eigenvalue weighted by atomic mass is 16.2. The van der Waals surface area contributed by atoms with Gasteiger partial charge in [0.25, 0.3) is 5.56 Å². The zero-order valence-electron chi connectivity index (χ0n) is 16.6. The minimum absolute atomic E-state index is 0.0451. The van der Waals surface area contributed by atoms with Crippen molar-refractivity contribution < 1.29 is 4.79 Å². The van der Waals surface area contributed by atoms with Gasteiger partial charge in [-0.05, 0) is 32.6 Å². The summed E-state index contributed by atoms with van der Waals surface area (Å²) in [7, 11) is 0. The molecule has 4 rings (SSSR count). The summed E-state index contributed by atoms with van der Waals surface area (Å²) in [6.07, 6.45) is 7.69. The van der Waals surface area contributed by atoms with Crippen molar-refractivity contribution in [3.63, 3.8) is 0 Å². The van der Waals surface area contributed by atoms with E-state index in [9.17, 15) is 9.59 Å². The van der Waals surface area contributed by atoms with E-state index in [-0.39, 0.29) is 23.6 Å². The van der Waals surface area contributed by atoms with Crippen LogP contribution in [0.25, 0.3) is 11.0 Å². The molecule has 0 atom stereocenters. The van der Waals surface area contributed by atoms with E-state index in [1.54, 1.807) is 20.0 Å². The first-order valence-electron chi connectivity index (χ1n) is 10.1. The Bertz CT molecular complexity index is 955. The van der Waals surface area contributed by atoms with Crippen LogP contribution in [0.5, 0.6) is 0 Å². The molecule has 28 heavy (non-hydrogen) atoms. The normalized spacial score (nSPS) is 18.7. The van der Waals surface area contributed by atoms with E-state index in [1.807, 2.05) is 9.47 Å². The number of amides is 1. The van der Waals surface area contributed by atoms with Crippen molar-refractivity contribution in [1.82, 2.24) is 19.4 Å². The third-order valence-electron chi connectivity index (χ3n) is 6.19. The van der Waals surface area contributed by atoms with Gasteiger partial charge in [-0.1, -0.05) is 12.8 Å². The minimum Gasteiger partial charge on any atom is -0.398 e. The molecule has 0 bridgehead atoms. The number of anilines is 2. The lowest BCUT2D eigenvalue weighted by Gasteiger charge is -2.31. The highest BCUT2D eigenvalue weighted by molar-refractivity contribution is 5.89. The average molecular weight is 384 g/mol. The van der Waals surface area contributed by atoms with Crippen molar-refractivity contribution in [2.75, 3.05) is 24.1 Å². The third kappa shape index (κ3) is 3.31. The van der Waals surface area contributed by atoms with Crippen LogP contribution in [-0.2, 0) is 4.79 Å². The van der Waals surface area contributed by atoms with Crippen LogP contribution in [0.3, 0.4) is 0 Å². The summed E-state index contributed by atoms with van der Waals surface area (Å²) in [6.45, 7) is 4.85. The van der Waals surface area contributed by atoms with Crippen molar-refractivity contribution in [3.05, 3.63) is 22.1 Å². The second-order valence-electron chi connectivity index (χ2n) is 8.01. The molecule has 1 aliphatic heterocycles. The molecule has 1 amide bonds. The second kappa shape index (κ2) is 7.41. The van der Waals surface area contributed by atoms with Crippen molar-refractivity contribution in [2.45, 2.75) is 64.5 Å². The second-order valence-corrected chi connectivity index (χ2v) is 8.01. The molecule has 3 heterocycles. The molecule has 3 N–H and O–H groups in total. The number of hydrogen-bond donors (Lipinski definition) is 2. The molecule has 0 spiro atoms. The molecule has 1 aliphatic carbocycles. The monoisotopic (exact) mass is 384 g/mol. The smallest absolute Gasteiger partial charge is 0.257 e. The Labute approximate surface area is 164 Å². The minimum atomic E-state index is -0.0451. The zero-order chi connectivity index (χ0) is 19.8. The summed E-state index contributed by atoms with van der Waals surface area (Å²) in [5.74, 6) is 0.634. The van der Waals surface area contributed by atoms with E-state index >= 15 is 0 Å². The topological polar surface area (TPSA) is 106 Å². The molecular weight excluding hydrogens is 356 g/mol. The number of nitrogens with zero attached hydrogens (tertiary/aromatic N) is 4. The molecule has 0 unspecified atom stereocenters. The van der Waals surface area contributed by atoms with E-state index in [0.29, 0.717) is 22.8 Å². The number of hydrogen-bond acceptors (Lipinski definition) is 6. The van der Waals surface area contributed by atoms with Gasteiger partial charge >= 0.3 is 0 Å². The number of fused-ring (bicyclic) bond motifs is 1. The Morgan fingerprint density at radius 2 is 1.89 bits per heavy atom. The average Bonchev–Trinajstić information content (AvgIpc) is 3.21. The number of nitrogens with two attached hydrogens (primary N) is 1. The third-order valence-corrected chi connectivity index (χ3v) is 6.19. The molecule has 2 aliphatic rings. The number of piperidine rings is 1. The highest BCUT2D eigenvalue weighted by Crippen LogP contribution is 2.32. The van der Waals surface area contributed by atoms with Crippen LogP contribution < -0.4 is 16.6 Å². The fourth-order valence-corrected chi connectivity index (χ4v) is 4.43. The molecule has 0 radical (unpaired) electrons. The first-order valence-corrected chi connectivity index (χ1v) is 10.1. The molecule has 1 saturated carbocycles. The Morgan fingerprint density at radius 1 is 1.21 bits per heavy atom. The quantitative estimate of drug-likeness (QED) is 0.840. The molecule has 2 aromatic heterocycles. The molecule has 8 nitrogen and oxygen atoms in total. The van der Waals surface area contributed by atoms with Gasteiger partial charge in [-0.2, -0.15) is 4.98 Å². The van der Waals surface area contributed by atoms with Gasteiger partial charge in [0.15, 0.2) is 5.65 Å². The van der Waals surface area contributed by atoms with Gasteiger partial charge in [-0.15, -0.1) is 0 Å². The zero-order valence-corrected chi connectivity index (χ0v) is 16.6. The largest absolute Gasteiger partial charge is 0.398 e. The summed E-state index contributed by atoms with van der Waals surface area (Å²) in [5.41, 5.74) is 7.83. The van der Waals surface area contributed by atoms with Crippen LogP contribution >= 0.6 is 0 Å². The van der Waals surface area contributed by atoms with Crippen LogP contribution in [0.2, 0.25) is 0 Å². The first-order chi connectivity index (χ1) is 13.5. The predicted octanol–water partition coefficient (Wildman–Crippen LogP) is 2.22. The summed E-state index contributed by atoms with van der Waals surface area (Å²) >= 11 is 0. The van der Waals surface area contributed by atoms with Crippen LogP contribution in [-0.4, -0.2) is 44.5 Å². The number of nitrogens with one attached hydrogen (secondary N) is 1. The molecule has 1 saturated heterocycles. The molecule has 2 fully saturated rings. The first kappa shape index (κ1) is 18.7. The SMILES string of the molecule is CC(=O)N1CCC(Nc2ncc3c(N)c(C)c(=O)n(C4CCCC4)c3n2)CC1. The van der Waals surface area contributed by atoms with Gasteiger partial charge in [0.2, 0.25) is 11.9 Å². The van der Waals surface area contributed by atoms with Crippen LogP contribution in [0.1, 0.15) is 57.1 Å². The Morgan fingerprint density at radius 3 is 2.54 bits per heavy atom. The maximum absolute atomic E-state index is 13.0. The molecule has 150 valence electrons. The van der Waals surface area contributed by atoms with Crippen LogP contribution in [0.4, 0.5) is 11.6 Å². The van der Waals surface area contributed by atoms with Crippen molar-refractivity contribution in [3.8, 4) is 0 Å². The number of nitrogen functional groups attached to an aromatic ring is 1. The van der Waals surface area contributed by atoms with E-state index in [2.05, 4.69) is 10.3 Å². The van der Waals surface area contributed by atoms with Gasteiger partial charge in [0.1, 0.15) is 0 Å². The molecule has 0 aromatic carbocycles. The number of rotatable bonds is 3. The summed E-state index contributed by atoms with van der Waals surface area (Å²) in [5, 5.41) is 4.12. The number of pyridine rings is 1. The van der Waals surface area contributed by atoms with E-state index in [4.69, 9.17) is 10.7 Å². The summed E-state index contributed by atoms with van der Waals surface area (Å²) in [4.78, 5) is 35.5. The van der Waals surface area contributed by atoms with E-state index in [0.717, 1.165) is 57.0 Å². The lowest BCUT2D eigenvalue weighted by molar-refractivity contribution is -0.129.